The van der Waals surface area contributed by atoms with Gasteiger partial charge in [0, 0.05) is 24.7 Å². The smallest absolute Gasteiger partial charge is 0.229 e. The summed E-state index contributed by atoms with van der Waals surface area (Å²) in [5.41, 5.74) is 1.95. The van der Waals surface area contributed by atoms with Gasteiger partial charge in [-0.2, -0.15) is 0 Å². The first-order valence-electron chi connectivity index (χ1n) is 6.78. The number of rotatable bonds is 3. The van der Waals surface area contributed by atoms with Crippen molar-refractivity contribution >= 4 is 21.7 Å². The number of carbonyl (C=O) groups excluding carboxylic acids is 1. The molecule has 7 heteroatoms. The van der Waals surface area contributed by atoms with Crippen LogP contribution in [-0.4, -0.2) is 31.1 Å². The van der Waals surface area contributed by atoms with Gasteiger partial charge in [-0.15, -0.1) is 0 Å². The van der Waals surface area contributed by atoms with E-state index in [1.807, 2.05) is 36.4 Å². The fourth-order valence-corrected chi connectivity index (χ4v) is 3.20. The molecule has 1 aromatic heterocycles. The van der Waals surface area contributed by atoms with E-state index < -0.39 is 15.3 Å². The highest BCUT2D eigenvalue weighted by atomic mass is 32.2. The van der Waals surface area contributed by atoms with Crippen LogP contribution in [0.2, 0.25) is 0 Å². The quantitative estimate of drug-likeness (QED) is 0.918. The number of primary sulfonamides is 1. The van der Waals surface area contributed by atoms with E-state index in [0.717, 1.165) is 11.1 Å². The number of hydrogen-bond acceptors (Lipinski definition) is 4. The molecule has 1 amide bonds. The maximum atomic E-state index is 12.0. The summed E-state index contributed by atoms with van der Waals surface area (Å²) in [7, 11) is -3.72. The van der Waals surface area contributed by atoms with Crippen LogP contribution in [0.4, 0.5) is 5.82 Å². The lowest BCUT2D eigenvalue weighted by Gasteiger charge is -2.15. The van der Waals surface area contributed by atoms with E-state index in [2.05, 4.69) is 4.98 Å². The van der Waals surface area contributed by atoms with Crippen molar-refractivity contribution in [3.05, 3.63) is 48.7 Å². The number of pyridine rings is 1. The molecule has 0 radical (unpaired) electrons. The molecule has 0 spiro atoms. The van der Waals surface area contributed by atoms with E-state index >= 15 is 0 Å². The van der Waals surface area contributed by atoms with Gasteiger partial charge in [0.2, 0.25) is 15.9 Å². The summed E-state index contributed by atoms with van der Waals surface area (Å²) in [5, 5.41) is 4.25. The molecule has 1 fully saturated rings. The molecule has 0 saturated carbocycles. The van der Waals surface area contributed by atoms with Gasteiger partial charge < -0.3 is 0 Å². The molecule has 0 aliphatic carbocycles. The Balaban J connectivity index is 1.83. The molecule has 22 heavy (non-hydrogen) atoms. The number of nitrogens with two attached hydrogens (primary N) is 1. The largest absolute Gasteiger partial charge is 0.295 e. The van der Waals surface area contributed by atoms with E-state index in [1.165, 1.54) is 4.90 Å². The van der Waals surface area contributed by atoms with Gasteiger partial charge >= 0.3 is 0 Å². The predicted molar refractivity (Wildman–Crippen MR) is 83.5 cm³/mol. The average Bonchev–Trinajstić information content (AvgIpc) is 2.90. The van der Waals surface area contributed by atoms with Crippen LogP contribution in [0.5, 0.6) is 0 Å². The maximum Gasteiger partial charge on any atom is 0.229 e. The van der Waals surface area contributed by atoms with Crippen molar-refractivity contribution in [3.63, 3.8) is 0 Å². The lowest BCUT2D eigenvalue weighted by Crippen LogP contribution is -2.32. The third-order valence-electron chi connectivity index (χ3n) is 3.69. The zero-order valence-corrected chi connectivity index (χ0v) is 12.5. The molecule has 1 saturated heterocycles. The normalized spacial score (nSPS) is 18.7. The van der Waals surface area contributed by atoms with E-state index in [-0.39, 0.29) is 18.9 Å². The number of carbonyl (C=O) groups is 1. The van der Waals surface area contributed by atoms with Crippen LogP contribution in [0.15, 0.2) is 48.7 Å². The van der Waals surface area contributed by atoms with Crippen molar-refractivity contribution in [1.29, 1.82) is 0 Å². The summed E-state index contributed by atoms with van der Waals surface area (Å²) < 4.78 is 22.7. The van der Waals surface area contributed by atoms with Crippen molar-refractivity contribution in [2.24, 2.45) is 5.14 Å². The highest BCUT2D eigenvalue weighted by Crippen LogP contribution is 2.25. The van der Waals surface area contributed by atoms with Gasteiger partial charge in [0.1, 0.15) is 11.1 Å². The number of sulfonamides is 1. The Kier molecular flexibility index (Phi) is 3.67. The van der Waals surface area contributed by atoms with Gasteiger partial charge in [-0.1, -0.05) is 30.3 Å². The monoisotopic (exact) mass is 317 g/mol. The van der Waals surface area contributed by atoms with Crippen LogP contribution in [0.3, 0.4) is 0 Å². The second-order valence-electron chi connectivity index (χ2n) is 5.19. The summed E-state index contributed by atoms with van der Waals surface area (Å²) in [6.07, 6.45) is 1.57. The van der Waals surface area contributed by atoms with Gasteiger partial charge in [0.15, 0.2) is 0 Å². The molecule has 0 bridgehead atoms. The molecule has 1 atom stereocenters. The van der Waals surface area contributed by atoms with Crippen LogP contribution >= 0.6 is 0 Å². The first-order chi connectivity index (χ1) is 10.4. The third kappa shape index (κ3) is 2.86. The molecule has 2 heterocycles. The average molecular weight is 317 g/mol. The van der Waals surface area contributed by atoms with Crippen LogP contribution in [0.25, 0.3) is 11.1 Å². The Bertz CT molecular complexity index is 789. The Labute approximate surface area is 128 Å². The van der Waals surface area contributed by atoms with E-state index in [1.54, 1.807) is 12.3 Å². The first kappa shape index (κ1) is 14.7. The van der Waals surface area contributed by atoms with E-state index in [9.17, 15) is 13.2 Å². The summed E-state index contributed by atoms with van der Waals surface area (Å²) in [6, 6.07) is 13.3. The van der Waals surface area contributed by atoms with Crippen molar-refractivity contribution in [3.8, 4) is 11.1 Å². The SMILES string of the molecule is NS(=O)(=O)C1CC(=O)N(c2ccc(-c3ccccc3)cn2)C1. The Morgan fingerprint density at radius 3 is 2.36 bits per heavy atom. The second kappa shape index (κ2) is 5.51. The van der Waals surface area contributed by atoms with Crippen molar-refractivity contribution in [1.82, 2.24) is 4.98 Å². The zero-order valence-electron chi connectivity index (χ0n) is 11.7. The summed E-state index contributed by atoms with van der Waals surface area (Å²) in [4.78, 5) is 17.6. The molecule has 2 N–H and O–H groups in total. The minimum Gasteiger partial charge on any atom is -0.295 e. The molecule has 114 valence electrons. The molecule has 6 nitrogen and oxygen atoms in total. The lowest BCUT2D eigenvalue weighted by atomic mass is 10.1. The number of amides is 1. The number of nitrogens with zero attached hydrogens (tertiary/aromatic N) is 2. The minimum absolute atomic E-state index is 0.0509. The molecule has 1 aromatic carbocycles. The Morgan fingerprint density at radius 1 is 1.09 bits per heavy atom. The fourth-order valence-electron chi connectivity index (χ4n) is 2.46. The van der Waals surface area contributed by atoms with Crippen molar-refractivity contribution < 1.29 is 13.2 Å². The number of hydrogen-bond donors (Lipinski definition) is 1. The minimum atomic E-state index is -3.72. The van der Waals surface area contributed by atoms with E-state index in [4.69, 9.17) is 5.14 Å². The highest BCUT2D eigenvalue weighted by Gasteiger charge is 2.37. The van der Waals surface area contributed by atoms with Crippen molar-refractivity contribution in [2.75, 3.05) is 11.4 Å². The third-order valence-corrected chi connectivity index (χ3v) is 4.93. The molecule has 3 rings (SSSR count). The predicted octanol–water partition coefficient (Wildman–Crippen LogP) is 1.14. The Morgan fingerprint density at radius 2 is 1.82 bits per heavy atom. The number of benzene rings is 1. The van der Waals surface area contributed by atoms with Gasteiger partial charge in [0.05, 0.1) is 0 Å². The second-order valence-corrected chi connectivity index (χ2v) is 7.04. The summed E-state index contributed by atoms with van der Waals surface area (Å²) >= 11 is 0. The van der Waals surface area contributed by atoms with Crippen LogP contribution in [-0.2, 0) is 14.8 Å². The maximum absolute atomic E-state index is 12.0. The summed E-state index contributed by atoms with van der Waals surface area (Å²) in [5.74, 6) is 0.162. The fraction of sp³-hybridized carbons (Fsp3) is 0.200. The van der Waals surface area contributed by atoms with Crippen LogP contribution in [0, 0.1) is 0 Å². The first-order valence-corrected chi connectivity index (χ1v) is 8.39. The Hall–Kier alpha value is -2.25. The molecular formula is C15H15N3O3S. The standard InChI is InChI=1S/C15H15N3O3S/c16-22(20,21)13-8-15(19)18(10-13)14-7-6-12(9-17-14)11-4-2-1-3-5-11/h1-7,9,13H,8,10H2,(H2,16,20,21). The van der Waals surface area contributed by atoms with Gasteiger partial charge in [-0.25, -0.2) is 18.5 Å². The highest BCUT2D eigenvalue weighted by molar-refractivity contribution is 7.89. The zero-order chi connectivity index (χ0) is 15.7. The topological polar surface area (TPSA) is 93.4 Å². The van der Waals surface area contributed by atoms with Gasteiger partial charge in [0.25, 0.3) is 0 Å². The van der Waals surface area contributed by atoms with Gasteiger partial charge in [-0.05, 0) is 17.7 Å². The molecule has 1 aliphatic heterocycles. The van der Waals surface area contributed by atoms with Crippen LogP contribution in [0.1, 0.15) is 6.42 Å². The molecule has 2 aromatic rings. The molecular weight excluding hydrogens is 302 g/mol. The van der Waals surface area contributed by atoms with Crippen LogP contribution < -0.4 is 10.0 Å². The van der Waals surface area contributed by atoms with Crippen molar-refractivity contribution in [2.45, 2.75) is 11.7 Å². The summed E-state index contributed by atoms with van der Waals surface area (Å²) in [6.45, 7) is 0.0509. The molecule has 1 unspecified atom stereocenters. The van der Waals surface area contributed by atoms with Gasteiger partial charge in [-0.3, -0.25) is 9.69 Å². The number of anilines is 1. The van der Waals surface area contributed by atoms with E-state index in [0.29, 0.717) is 5.82 Å². The number of aromatic nitrogens is 1. The lowest BCUT2D eigenvalue weighted by molar-refractivity contribution is -0.117. The molecule has 1 aliphatic rings.